The summed E-state index contributed by atoms with van der Waals surface area (Å²) in [5, 5.41) is 12.4. The van der Waals surface area contributed by atoms with Gasteiger partial charge in [0.05, 0.1) is 0 Å². The quantitative estimate of drug-likeness (QED) is 0.390. The smallest absolute Gasteiger partial charge is 0.188 e. The van der Waals surface area contributed by atoms with Gasteiger partial charge in [-0.2, -0.15) is 0 Å². The maximum Gasteiger partial charge on any atom is 0.188 e. The first-order chi connectivity index (χ1) is 10.3. The van der Waals surface area contributed by atoms with E-state index in [0.717, 1.165) is 21.4 Å². The number of nitrogens with zero attached hydrogens (tertiary/aromatic N) is 2. The minimum atomic E-state index is -0.0142. The van der Waals surface area contributed by atoms with Crippen molar-refractivity contribution in [2.24, 2.45) is 10.9 Å². The van der Waals surface area contributed by atoms with E-state index in [9.17, 15) is 0 Å². The Kier molecular flexibility index (Phi) is 3.83. The zero-order chi connectivity index (χ0) is 14.7. The summed E-state index contributed by atoms with van der Waals surface area (Å²) in [6.07, 6.45) is 0. The lowest BCUT2D eigenvalue weighted by Gasteiger charge is -2.18. The standard InChI is InChI=1S/C14H13N3O3S/c15-14(17-18)10-2-1-3-13(16-10)21-9-4-5-11-12(8-9)20-7-6-19-11/h1-5,8,18H,6-7H2,(H2,15,17). The van der Waals surface area contributed by atoms with Gasteiger partial charge in [-0.05, 0) is 30.3 Å². The van der Waals surface area contributed by atoms with Gasteiger partial charge in [-0.15, -0.1) is 0 Å². The fourth-order valence-corrected chi connectivity index (χ4v) is 2.71. The molecule has 0 saturated carbocycles. The molecular weight excluding hydrogens is 290 g/mol. The van der Waals surface area contributed by atoms with Gasteiger partial charge < -0.3 is 20.4 Å². The van der Waals surface area contributed by atoms with Gasteiger partial charge in [0.1, 0.15) is 23.9 Å². The molecule has 0 spiro atoms. The van der Waals surface area contributed by atoms with Crippen LogP contribution in [0.4, 0.5) is 0 Å². The normalized spacial score (nSPS) is 14.0. The van der Waals surface area contributed by atoms with Crippen molar-refractivity contribution in [3.8, 4) is 11.5 Å². The fraction of sp³-hybridized carbons (Fsp3) is 0.143. The number of oxime groups is 1. The molecule has 0 saturated heterocycles. The van der Waals surface area contributed by atoms with Gasteiger partial charge in [-0.1, -0.05) is 23.0 Å². The lowest BCUT2D eigenvalue weighted by molar-refractivity contribution is 0.171. The van der Waals surface area contributed by atoms with Gasteiger partial charge in [0, 0.05) is 4.90 Å². The van der Waals surface area contributed by atoms with E-state index in [1.54, 1.807) is 12.1 Å². The van der Waals surface area contributed by atoms with Crippen molar-refractivity contribution < 1.29 is 14.7 Å². The third-order valence-corrected chi connectivity index (χ3v) is 3.76. The summed E-state index contributed by atoms with van der Waals surface area (Å²) in [5.41, 5.74) is 5.97. The average molecular weight is 303 g/mol. The van der Waals surface area contributed by atoms with Crippen molar-refractivity contribution in [2.45, 2.75) is 9.92 Å². The molecule has 0 radical (unpaired) electrons. The van der Waals surface area contributed by atoms with Crippen molar-refractivity contribution in [3.63, 3.8) is 0 Å². The fourth-order valence-electron chi connectivity index (χ4n) is 1.87. The molecule has 6 nitrogen and oxygen atoms in total. The third kappa shape index (κ3) is 3.03. The lowest BCUT2D eigenvalue weighted by atomic mass is 10.3. The van der Waals surface area contributed by atoms with Gasteiger partial charge in [0.2, 0.25) is 0 Å². The number of rotatable bonds is 3. The summed E-state index contributed by atoms with van der Waals surface area (Å²) >= 11 is 1.46. The first-order valence-electron chi connectivity index (χ1n) is 6.29. The molecule has 7 heteroatoms. The highest BCUT2D eigenvalue weighted by molar-refractivity contribution is 7.99. The molecule has 3 rings (SSSR count). The summed E-state index contributed by atoms with van der Waals surface area (Å²) in [7, 11) is 0. The van der Waals surface area contributed by atoms with Gasteiger partial charge >= 0.3 is 0 Å². The van der Waals surface area contributed by atoms with Gasteiger partial charge in [-0.3, -0.25) is 0 Å². The highest BCUT2D eigenvalue weighted by Crippen LogP contribution is 2.36. The van der Waals surface area contributed by atoms with Crippen LogP contribution in [0.2, 0.25) is 0 Å². The number of hydrogen-bond donors (Lipinski definition) is 2. The van der Waals surface area contributed by atoms with E-state index in [0.29, 0.717) is 18.9 Å². The van der Waals surface area contributed by atoms with Crippen LogP contribution in [0.15, 0.2) is 51.5 Å². The number of aromatic nitrogens is 1. The highest BCUT2D eigenvalue weighted by atomic mass is 32.2. The maximum absolute atomic E-state index is 8.69. The minimum Gasteiger partial charge on any atom is -0.486 e. The van der Waals surface area contributed by atoms with Crippen molar-refractivity contribution in [1.82, 2.24) is 4.98 Å². The number of hydrogen-bond acceptors (Lipinski definition) is 6. The summed E-state index contributed by atoms with van der Waals surface area (Å²) in [4.78, 5) is 5.30. The van der Waals surface area contributed by atoms with Crippen LogP contribution < -0.4 is 15.2 Å². The zero-order valence-electron chi connectivity index (χ0n) is 11.0. The molecule has 0 fully saturated rings. The van der Waals surface area contributed by atoms with Gasteiger partial charge in [0.15, 0.2) is 17.3 Å². The van der Waals surface area contributed by atoms with E-state index >= 15 is 0 Å². The Bertz CT molecular complexity index is 691. The van der Waals surface area contributed by atoms with Crippen LogP contribution in [0.3, 0.4) is 0 Å². The predicted molar refractivity (Wildman–Crippen MR) is 78.3 cm³/mol. The molecule has 2 heterocycles. The van der Waals surface area contributed by atoms with Crippen LogP contribution in [0.25, 0.3) is 0 Å². The second-order valence-corrected chi connectivity index (χ2v) is 5.35. The summed E-state index contributed by atoms with van der Waals surface area (Å²) in [6.45, 7) is 1.13. The van der Waals surface area contributed by atoms with Crippen LogP contribution in [-0.2, 0) is 0 Å². The van der Waals surface area contributed by atoms with Crippen molar-refractivity contribution in [2.75, 3.05) is 13.2 Å². The van der Waals surface area contributed by atoms with Crippen LogP contribution >= 0.6 is 11.8 Å². The molecule has 108 valence electrons. The van der Waals surface area contributed by atoms with Crippen LogP contribution in [0.5, 0.6) is 11.5 Å². The zero-order valence-corrected chi connectivity index (χ0v) is 11.8. The second kappa shape index (κ2) is 5.92. The maximum atomic E-state index is 8.69. The Morgan fingerprint density at radius 3 is 2.81 bits per heavy atom. The van der Waals surface area contributed by atoms with E-state index < -0.39 is 0 Å². The number of pyridine rings is 1. The Balaban J connectivity index is 1.83. The topological polar surface area (TPSA) is 90.0 Å². The number of benzene rings is 1. The van der Waals surface area contributed by atoms with Crippen molar-refractivity contribution in [3.05, 3.63) is 42.1 Å². The van der Waals surface area contributed by atoms with E-state index in [1.165, 1.54) is 11.8 Å². The van der Waals surface area contributed by atoms with Crippen LogP contribution in [0.1, 0.15) is 5.69 Å². The van der Waals surface area contributed by atoms with Crippen LogP contribution in [0, 0.1) is 0 Å². The number of ether oxygens (including phenoxy) is 2. The first kappa shape index (κ1) is 13.6. The molecular formula is C14H13N3O3S. The second-order valence-electron chi connectivity index (χ2n) is 4.25. The molecule has 21 heavy (non-hydrogen) atoms. The van der Waals surface area contributed by atoms with Crippen molar-refractivity contribution in [1.29, 1.82) is 0 Å². The van der Waals surface area contributed by atoms with E-state index in [1.807, 2.05) is 24.3 Å². The van der Waals surface area contributed by atoms with E-state index in [2.05, 4.69) is 10.1 Å². The third-order valence-electron chi connectivity index (χ3n) is 2.83. The molecule has 0 unspecified atom stereocenters. The van der Waals surface area contributed by atoms with E-state index in [-0.39, 0.29) is 5.84 Å². The molecule has 1 aromatic carbocycles. The summed E-state index contributed by atoms with van der Waals surface area (Å²) in [6, 6.07) is 11.1. The monoisotopic (exact) mass is 303 g/mol. The summed E-state index contributed by atoms with van der Waals surface area (Å²) < 4.78 is 11.0. The molecule has 0 atom stereocenters. The minimum absolute atomic E-state index is 0.0142. The Labute approximate surface area is 125 Å². The van der Waals surface area contributed by atoms with Gasteiger partial charge in [0.25, 0.3) is 0 Å². The first-order valence-corrected chi connectivity index (χ1v) is 7.10. The average Bonchev–Trinajstić information content (AvgIpc) is 2.54. The molecule has 1 aliphatic rings. The number of amidine groups is 1. The number of fused-ring (bicyclic) bond motifs is 1. The molecule has 3 N–H and O–H groups in total. The highest BCUT2D eigenvalue weighted by Gasteiger charge is 2.12. The largest absolute Gasteiger partial charge is 0.486 e. The van der Waals surface area contributed by atoms with E-state index in [4.69, 9.17) is 20.4 Å². The van der Waals surface area contributed by atoms with Crippen LogP contribution in [-0.4, -0.2) is 29.2 Å². The molecule has 1 aromatic heterocycles. The Morgan fingerprint density at radius 2 is 2.00 bits per heavy atom. The Morgan fingerprint density at radius 1 is 1.19 bits per heavy atom. The molecule has 0 aliphatic carbocycles. The molecule has 2 aromatic rings. The van der Waals surface area contributed by atoms with Crippen molar-refractivity contribution >= 4 is 17.6 Å². The predicted octanol–water partition coefficient (Wildman–Crippen LogP) is 2.10. The number of nitrogens with two attached hydrogens (primary N) is 1. The lowest BCUT2D eigenvalue weighted by Crippen LogP contribution is -2.15. The van der Waals surface area contributed by atoms with Gasteiger partial charge in [-0.25, -0.2) is 4.98 Å². The Hall–Kier alpha value is -2.41. The SMILES string of the molecule is N/C(=N/O)c1cccc(Sc2ccc3c(c2)OCCO3)n1. The molecule has 1 aliphatic heterocycles. The summed E-state index contributed by atoms with van der Waals surface area (Å²) in [5.74, 6) is 1.47. The molecule has 0 bridgehead atoms. The molecule has 0 amide bonds.